The zero-order valence-corrected chi connectivity index (χ0v) is 67.0. The molecule has 0 saturated carbocycles. The van der Waals surface area contributed by atoms with E-state index in [1.807, 2.05) is 6.08 Å². The molecular weight excluding hydrogens is 1300 g/mol. The van der Waals surface area contributed by atoms with Gasteiger partial charge in [-0.15, -0.1) is 0 Å². The maximum Gasteiger partial charge on any atom is 0.220 e. The van der Waals surface area contributed by atoms with Crippen LogP contribution in [0, 0.1) is 0 Å². The largest absolute Gasteiger partial charge is 0.394 e. The van der Waals surface area contributed by atoms with Gasteiger partial charge in [-0.2, -0.15) is 0 Å². The molecule has 0 aromatic carbocycles. The number of hydrogen-bond acceptors (Lipinski definition) is 13. The highest BCUT2D eigenvalue weighted by atomic mass is 16.7. The maximum absolute atomic E-state index is 13.4. The Kier molecular flexibility index (Phi) is 68.7. The lowest BCUT2D eigenvalue weighted by molar-refractivity contribution is -0.359. The SMILES string of the molecule is CCCCCCC/C=C\C/C=C\C/C=C\CCCCCCCCCCCCCCCCCCCCCCCCC(=O)NC(COC1OC(CO)C(OC2OC(CO)C(O)C(O)C2O)C(O)C1O)C(O)/C=C/CC/C=C/CC/C=C/CCCCCCCCCCCCCCCCCCCCCCCCC. The van der Waals surface area contributed by atoms with Crippen molar-refractivity contribution >= 4 is 5.91 Å². The summed E-state index contributed by atoms with van der Waals surface area (Å²) < 4.78 is 22.9. The van der Waals surface area contributed by atoms with Crippen molar-refractivity contribution in [1.82, 2.24) is 5.32 Å². The normalized spacial score (nSPS) is 21.8. The van der Waals surface area contributed by atoms with Crippen molar-refractivity contribution in [2.45, 2.75) is 473 Å². The van der Waals surface area contributed by atoms with E-state index in [4.69, 9.17) is 18.9 Å². The Bertz CT molecular complexity index is 2030. The second-order valence-corrected chi connectivity index (χ2v) is 31.0. The van der Waals surface area contributed by atoms with E-state index in [1.165, 1.54) is 308 Å². The summed E-state index contributed by atoms with van der Waals surface area (Å²) in [4.78, 5) is 13.4. The molecule has 1 amide bonds. The average Bonchev–Trinajstić information content (AvgIpc) is 0.790. The number of aliphatic hydroxyl groups is 8. The third-order valence-electron chi connectivity index (χ3n) is 21.3. The molecule has 0 aliphatic carbocycles. The Balaban J connectivity index is 1.59. The molecule has 0 spiro atoms. The van der Waals surface area contributed by atoms with E-state index >= 15 is 0 Å². The van der Waals surface area contributed by atoms with E-state index in [-0.39, 0.29) is 18.9 Å². The quantitative estimate of drug-likeness (QED) is 0.0204. The minimum absolute atomic E-state index is 0.247. The van der Waals surface area contributed by atoms with Crippen LogP contribution in [0.1, 0.15) is 399 Å². The van der Waals surface area contributed by atoms with Gasteiger partial charge in [-0.1, -0.05) is 382 Å². The molecule has 0 aromatic heterocycles. The van der Waals surface area contributed by atoms with Crippen LogP contribution in [-0.4, -0.2) is 140 Å². The molecule has 12 unspecified atom stereocenters. The summed E-state index contributed by atoms with van der Waals surface area (Å²) in [7, 11) is 0. The number of carbonyl (C=O) groups is 1. The zero-order valence-electron chi connectivity index (χ0n) is 67.0. The molecule has 2 aliphatic rings. The van der Waals surface area contributed by atoms with Crippen LogP contribution >= 0.6 is 0 Å². The number of amides is 1. The predicted molar refractivity (Wildman–Crippen MR) is 433 cm³/mol. The summed E-state index contributed by atoms with van der Waals surface area (Å²) in [6, 6.07) is -0.942. The lowest BCUT2D eigenvalue weighted by Crippen LogP contribution is -2.65. The number of aliphatic hydroxyl groups excluding tert-OH is 8. The Labute approximate surface area is 638 Å². The van der Waals surface area contributed by atoms with Crippen LogP contribution in [0.5, 0.6) is 0 Å². The standard InChI is InChI=1S/C90H165NO13/c1-3-5-7-9-11-13-15-17-19-21-23-25-27-29-31-33-35-37-38-39-40-42-44-46-48-50-52-54-56-58-60-62-64-66-68-70-72-74-82(95)91-78(77-101-89-87(100)85(98)88(81(76-93)103-89)104-90-86(99)84(97)83(96)80(75-92)102-90)79(94)73-71-69-67-65-63-61-59-57-55-53-51-49-47-45-43-41-36-34-32-30-28-26-24-22-20-18-16-14-12-10-8-6-4-2/h15,17,21,23,27,29,55,57,63,65,71,73,78-81,83-90,92-94,96-100H,3-14,16,18-20,22,24-26,28,30-54,56,58-62,64,66-70,72,74-77H2,1-2H3,(H,91,95)/b17-15-,23-21-,29-27-,57-55+,65-63+,73-71+. The number of rotatable bonds is 75. The van der Waals surface area contributed by atoms with Gasteiger partial charge < -0.3 is 65.1 Å². The highest BCUT2D eigenvalue weighted by molar-refractivity contribution is 5.76. The minimum Gasteiger partial charge on any atom is -0.394 e. The molecule has 2 saturated heterocycles. The Morgan fingerprint density at radius 2 is 0.644 bits per heavy atom. The highest BCUT2D eigenvalue weighted by Gasteiger charge is 2.51. The summed E-state index contributed by atoms with van der Waals surface area (Å²) in [5.41, 5.74) is 0. The molecule has 12 atom stereocenters. The number of ether oxygens (including phenoxy) is 4. The van der Waals surface area contributed by atoms with Gasteiger partial charge in [-0.3, -0.25) is 4.79 Å². The van der Waals surface area contributed by atoms with Crippen molar-refractivity contribution in [3.05, 3.63) is 72.9 Å². The van der Waals surface area contributed by atoms with Crippen LogP contribution < -0.4 is 5.32 Å². The van der Waals surface area contributed by atoms with Crippen molar-refractivity contribution in [2.75, 3.05) is 19.8 Å². The van der Waals surface area contributed by atoms with E-state index in [2.05, 4.69) is 79.9 Å². The molecular formula is C90H165NO13. The molecule has 2 rings (SSSR count). The second-order valence-electron chi connectivity index (χ2n) is 31.0. The first-order chi connectivity index (χ1) is 51.1. The van der Waals surface area contributed by atoms with Gasteiger partial charge in [0.15, 0.2) is 12.6 Å². The van der Waals surface area contributed by atoms with Gasteiger partial charge in [0, 0.05) is 6.42 Å². The molecule has 2 aliphatic heterocycles. The number of hydrogen-bond donors (Lipinski definition) is 9. The van der Waals surface area contributed by atoms with E-state index < -0.39 is 86.8 Å². The van der Waals surface area contributed by atoms with Crippen molar-refractivity contribution in [1.29, 1.82) is 0 Å². The highest BCUT2D eigenvalue weighted by Crippen LogP contribution is 2.30. The lowest BCUT2D eigenvalue weighted by Gasteiger charge is -2.46. The Morgan fingerprint density at radius 3 is 1.01 bits per heavy atom. The van der Waals surface area contributed by atoms with E-state index in [0.717, 1.165) is 57.8 Å². The molecule has 2 heterocycles. The van der Waals surface area contributed by atoms with Crippen LogP contribution in [-0.2, 0) is 23.7 Å². The Hall–Kier alpha value is -2.57. The maximum atomic E-state index is 13.4. The van der Waals surface area contributed by atoms with Gasteiger partial charge in [0.1, 0.15) is 48.8 Å². The van der Waals surface area contributed by atoms with Crippen molar-refractivity contribution in [3.63, 3.8) is 0 Å². The smallest absolute Gasteiger partial charge is 0.220 e. The first-order valence-electron chi connectivity index (χ1n) is 44.2. The van der Waals surface area contributed by atoms with Gasteiger partial charge in [0.25, 0.3) is 0 Å². The minimum atomic E-state index is -1.80. The fourth-order valence-electron chi connectivity index (χ4n) is 14.4. The summed E-state index contributed by atoms with van der Waals surface area (Å²) in [6.45, 7) is 2.82. The van der Waals surface area contributed by atoms with Gasteiger partial charge in [0.05, 0.1) is 32.0 Å². The monoisotopic (exact) mass is 1470 g/mol. The Morgan fingerprint density at radius 1 is 0.346 bits per heavy atom. The number of carbonyl (C=O) groups excluding carboxylic acids is 1. The molecule has 14 heteroatoms. The number of nitrogens with one attached hydrogen (secondary N) is 1. The molecule has 14 nitrogen and oxygen atoms in total. The van der Waals surface area contributed by atoms with Gasteiger partial charge in [-0.25, -0.2) is 0 Å². The summed E-state index contributed by atoms with van der Waals surface area (Å²) in [5.74, 6) is -0.247. The molecule has 9 N–H and O–H groups in total. The molecule has 104 heavy (non-hydrogen) atoms. The van der Waals surface area contributed by atoms with E-state index in [0.29, 0.717) is 12.8 Å². The van der Waals surface area contributed by atoms with E-state index in [1.54, 1.807) is 6.08 Å². The summed E-state index contributed by atoms with van der Waals surface area (Å²) >= 11 is 0. The first-order valence-corrected chi connectivity index (χ1v) is 44.2. The second kappa shape index (κ2) is 73.2. The fraction of sp³-hybridized carbons (Fsp3) is 0.856. The first kappa shape index (κ1) is 97.5. The van der Waals surface area contributed by atoms with Crippen LogP contribution in [0.25, 0.3) is 0 Å². The van der Waals surface area contributed by atoms with Gasteiger partial charge >= 0.3 is 0 Å². The lowest BCUT2D eigenvalue weighted by atomic mass is 9.97. The molecule has 0 bridgehead atoms. The van der Waals surface area contributed by atoms with Crippen LogP contribution in [0.15, 0.2) is 72.9 Å². The summed E-state index contributed by atoms with van der Waals surface area (Å²) in [6.07, 6.45) is 85.9. The van der Waals surface area contributed by atoms with Crippen LogP contribution in [0.3, 0.4) is 0 Å². The molecule has 0 radical (unpaired) electrons. The third kappa shape index (κ3) is 54.9. The van der Waals surface area contributed by atoms with Crippen LogP contribution in [0.4, 0.5) is 0 Å². The fourth-order valence-corrected chi connectivity index (χ4v) is 14.4. The number of unbranched alkanes of at least 4 members (excludes halogenated alkanes) is 52. The molecule has 2 fully saturated rings. The topological polar surface area (TPSA) is 228 Å². The van der Waals surface area contributed by atoms with Crippen molar-refractivity contribution in [2.24, 2.45) is 0 Å². The van der Waals surface area contributed by atoms with Gasteiger partial charge in [-0.05, 0) is 83.5 Å². The van der Waals surface area contributed by atoms with Crippen LogP contribution in [0.2, 0.25) is 0 Å². The molecule has 608 valence electrons. The van der Waals surface area contributed by atoms with Crippen molar-refractivity contribution < 1.29 is 64.6 Å². The summed E-state index contributed by atoms with van der Waals surface area (Å²) in [5, 5.41) is 87.8. The third-order valence-corrected chi connectivity index (χ3v) is 21.3. The zero-order chi connectivity index (χ0) is 75.1. The molecule has 0 aromatic rings. The van der Waals surface area contributed by atoms with E-state index in [9.17, 15) is 45.6 Å². The van der Waals surface area contributed by atoms with Crippen molar-refractivity contribution in [3.8, 4) is 0 Å². The van der Waals surface area contributed by atoms with Gasteiger partial charge in [0.2, 0.25) is 5.91 Å². The average molecular weight is 1470 g/mol. The number of allylic oxidation sites excluding steroid dienone is 11. The predicted octanol–water partition coefficient (Wildman–Crippen LogP) is 21.3.